The summed E-state index contributed by atoms with van der Waals surface area (Å²) >= 11 is 0. The van der Waals surface area contributed by atoms with Gasteiger partial charge in [-0.2, -0.15) is 4.39 Å². The number of hydrogen-bond acceptors (Lipinski definition) is 4. The topological polar surface area (TPSA) is 67.9 Å². The van der Waals surface area contributed by atoms with E-state index < -0.39 is 32.3 Å². The maximum Gasteiger partial charge on any atom is 0.328 e. The number of rotatable bonds is 2. The third-order valence-electron chi connectivity index (χ3n) is 4.24. The summed E-state index contributed by atoms with van der Waals surface area (Å²) in [6.45, 7) is 9.95. The Balaban J connectivity index is 2.30. The fraction of sp³-hybridized carbons (Fsp3) is 0.833. The van der Waals surface area contributed by atoms with Crippen molar-refractivity contribution in [3.05, 3.63) is 0 Å². The second kappa shape index (κ2) is 4.50. The summed E-state index contributed by atoms with van der Waals surface area (Å²) in [5.74, 6) is -3.27. The second-order valence-corrected chi connectivity index (χ2v) is 11.4. The van der Waals surface area contributed by atoms with Gasteiger partial charge in [-0.25, -0.2) is 4.79 Å². The molecule has 3 amide bonds. The molecule has 2 atom stereocenters. The van der Waals surface area contributed by atoms with Crippen molar-refractivity contribution in [1.29, 1.82) is 0 Å². The number of carbonyl (C=O) groups is 2. The first-order chi connectivity index (χ1) is 8.99. The lowest BCUT2D eigenvalue weighted by Gasteiger charge is -2.44. The smallest absolute Gasteiger partial charge is 0.328 e. The molecule has 2 aliphatic heterocycles. The minimum Gasteiger partial charge on any atom is -0.399 e. The predicted octanol–water partition coefficient (Wildman–Crippen LogP) is 1.58. The van der Waals surface area contributed by atoms with E-state index in [0.717, 1.165) is 4.90 Å². The van der Waals surface area contributed by atoms with Crippen LogP contribution in [-0.2, 0) is 14.0 Å². The zero-order valence-electron chi connectivity index (χ0n) is 12.4. The molecule has 2 heterocycles. The zero-order chi connectivity index (χ0) is 15.3. The van der Waals surface area contributed by atoms with Crippen LogP contribution in [0.5, 0.6) is 0 Å². The highest BCUT2D eigenvalue weighted by Gasteiger charge is 2.61. The van der Waals surface area contributed by atoms with Gasteiger partial charge in [0.05, 0.1) is 13.2 Å². The Morgan fingerprint density at radius 3 is 2.60 bits per heavy atom. The van der Waals surface area contributed by atoms with E-state index in [1.54, 1.807) is 0 Å². The number of alkyl halides is 1. The van der Waals surface area contributed by atoms with E-state index in [4.69, 9.17) is 9.16 Å². The summed E-state index contributed by atoms with van der Waals surface area (Å²) < 4.78 is 25.8. The molecule has 2 saturated heterocycles. The van der Waals surface area contributed by atoms with Crippen LogP contribution in [0.2, 0.25) is 18.1 Å². The molecule has 0 aromatic heterocycles. The van der Waals surface area contributed by atoms with Crippen LogP contribution in [0.3, 0.4) is 0 Å². The molecule has 2 aliphatic rings. The average molecular weight is 304 g/mol. The van der Waals surface area contributed by atoms with E-state index in [2.05, 4.69) is 5.32 Å². The Labute approximate surface area is 118 Å². The Hall–Kier alpha value is -0.993. The number of fused-ring (bicyclic) bond motifs is 1. The number of hydrogen-bond donors (Lipinski definition) is 1. The molecule has 0 aromatic rings. The van der Waals surface area contributed by atoms with Gasteiger partial charge in [0.15, 0.2) is 8.32 Å². The minimum absolute atomic E-state index is 0.0502. The first kappa shape index (κ1) is 15.4. The van der Waals surface area contributed by atoms with Crippen LogP contribution < -0.4 is 5.32 Å². The molecule has 0 aliphatic carbocycles. The number of imide groups is 1. The van der Waals surface area contributed by atoms with Crippen molar-refractivity contribution < 1.29 is 23.1 Å². The van der Waals surface area contributed by atoms with Crippen LogP contribution in [0.1, 0.15) is 20.8 Å². The summed E-state index contributed by atoms with van der Waals surface area (Å²) in [7, 11) is -2.38. The number of ether oxygens (including phenoxy) is 1. The lowest BCUT2D eigenvalue weighted by Crippen LogP contribution is -2.69. The Morgan fingerprint density at radius 2 is 2.05 bits per heavy atom. The number of amides is 3. The minimum atomic E-state index is -2.49. The number of nitrogens with one attached hydrogen (secondary N) is 1. The van der Waals surface area contributed by atoms with E-state index in [1.807, 2.05) is 33.9 Å². The summed E-state index contributed by atoms with van der Waals surface area (Å²) in [5, 5.41) is 1.94. The predicted molar refractivity (Wildman–Crippen MR) is 72.1 cm³/mol. The van der Waals surface area contributed by atoms with E-state index in [0.29, 0.717) is 0 Å². The maximum atomic E-state index is 15.0. The van der Waals surface area contributed by atoms with Crippen molar-refractivity contribution in [2.75, 3.05) is 13.2 Å². The van der Waals surface area contributed by atoms with Gasteiger partial charge < -0.3 is 9.16 Å². The zero-order valence-corrected chi connectivity index (χ0v) is 13.4. The largest absolute Gasteiger partial charge is 0.399 e. The van der Waals surface area contributed by atoms with E-state index in [-0.39, 0.29) is 18.2 Å². The summed E-state index contributed by atoms with van der Waals surface area (Å²) in [4.78, 5) is 24.5. The van der Waals surface area contributed by atoms with Crippen LogP contribution in [0.15, 0.2) is 0 Å². The number of carbonyl (C=O) groups excluding carboxylic acids is 2. The van der Waals surface area contributed by atoms with Crippen molar-refractivity contribution in [3.63, 3.8) is 0 Å². The highest BCUT2D eigenvalue weighted by Crippen LogP contribution is 2.41. The Bertz CT molecular complexity index is 451. The van der Waals surface area contributed by atoms with Gasteiger partial charge in [0, 0.05) is 0 Å². The SMILES string of the molecule is CC(C)(C)[Si](C)(C)O[C@@H]1C(=O)NC(=O)N2CCOC12F. The molecule has 0 aromatic carbocycles. The van der Waals surface area contributed by atoms with Gasteiger partial charge >= 0.3 is 12.0 Å². The van der Waals surface area contributed by atoms with Crippen molar-refractivity contribution in [2.45, 2.75) is 51.0 Å². The number of nitrogens with zero attached hydrogens (tertiary/aromatic N) is 1. The summed E-state index contributed by atoms with van der Waals surface area (Å²) in [5.41, 5.74) is 0. The Morgan fingerprint density at radius 1 is 1.45 bits per heavy atom. The normalized spacial score (nSPS) is 31.3. The van der Waals surface area contributed by atoms with Gasteiger partial charge in [0.25, 0.3) is 5.91 Å². The highest BCUT2D eigenvalue weighted by molar-refractivity contribution is 6.74. The summed E-state index contributed by atoms with van der Waals surface area (Å²) in [6.07, 6.45) is -1.44. The van der Waals surface area contributed by atoms with E-state index >= 15 is 0 Å². The fourth-order valence-corrected chi connectivity index (χ4v) is 3.16. The number of halogens is 1. The van der Waals surface area contributed by atoms with Gasteiger partial charge in [0.2, 0.25) is 6.10 Å². The lowest BCUT2D eigenvalue weighted by atomic mass is 10.2. The van der Waals surface area contributed by atoms with Crippen LogP contribution in [-0.4, -0.2) is 50.4 Å². The molecule has 0 radical (unpaired) electrons. The molecular formula is C12H21FN2O4Si. The molecule has 20 heavy (non-hydrogen) atoms. The van der Waals surface area contributed by atoms with E-state index in [1.165, 1.54) is 0 Å². The maximum absolute atomic E-state index is 15.0. The van der Waals surface area contributed by atoms with Gasteiger partial charge in [-0.05, 0) is 18.1 Å². The molecule has 2 rings (SSSR count). The molecule has 6 nitrogen and oxygen atoms in total. The highest BCUT2D eigenvalue weighted by atomic mass is 28.4. The van der Waals surface area contributed by atoms with Crippen molar-refractivity contribution in [3.8, 4) is 0 Å². The first-order valence-electron chi connectivity index (χ1n) is 6.62. The quantitative estimate of drug-likeness (QED) is 0.621. The molecular weight excluding hydrogens is 283 g/mol. The third kappa shape index (κ3) is 2.25. The van der Waals surface area contributed by atoms with Crippen molar-refractivity contribution >= 4 is 20.3 Å². The van der Waals surface area contributed by atoms with Crippen molar-refractivity contribution in [1.82, 2.24) is 10.2 Å². The first-order valence-corrected chi connectivity index (χ1v) is 9.53. The standard InChI is InChI=1S/C12H21FN2O4Si/c1-11(2,3)20(4,5)19-8-9(16)14-10(17)15-6-7-18-12(8,15)13/h8H,6-7H2,1-5H3,(H,14,16,17)/t8-,12?/m1/s1. The molecule has 8 heteroatoms. The molecule has 0 spiro atoms. The average Bonchev–Trinajstić information content (AvgIpc) is 2.66. The lowest BCUT2D eigenvalue weighted by molar-refractivity contribution is -0.230. The molecule has 0 bridgehead atoms. The summed E-state index contributed by atoms with van der Waals surface area (Å²) in [6, 6.07) is -0.773. The third-order valence-corrected chi connectivity index (χ3v) is 8.68. The number of urea groups is 1. The van der Waals surface area contributed by atoms with Gasteiger partial charge in [-0.1, -0.05) is 20.8 Å². The van der Waals surface area contributed by atoms with Crippen LogP contribution in [0.4, 0.5) is 9.18 Å². The van der Waals surface area contributed by atoms with Crippen LogP contribution >= 0.6 is 0 Å². The van der Waals surface area contributed by atoms with Gasteiger partial charge in [-0.3, -0.25) is 15.0 Å². The van der Waals surface area contributed by atoms with Gasteiger partial charge in [-0.15, -0.1) is 0 Å². The molecule has 0 saturated carbocycles. The van der Waals surface area contributed by atoms with E-state index in [9.17, 15) is 14.0 Å². The molecule has 1 N–H and O–H groups in total. The Kier molecular flexibility index (Phi) is 3.47. The van der Waals surface area contributed by atoms with Crippen LogP contribution in [0.25, 0.3) is 0 Å². The molecule has 1 unspecified atom stereocenters. The fourth-order valence-electron chi connectivity index (χ4n) is 1.97. The molecule has 114 valence electrons. The second-order valence-electron chi connectivity index (χ2n) is 6.66. The van der Waals surface area contributed by atoms with Crippen molar-refractivity contribution in [2.24, 2.45) is 0 Å². The molecule has 2 fully saturated rings. The van der Waals surface area contributed by atoms with Gasteiger partial charge in [0.1, 0.15) is 0 Å². The van der Waals surface area contributed by atoms with Crippen LogP contribution in [0, 0.1) is 0 Å². The monoisotopic (exact) mass is 304 g/mol.